The maximum Gasteiger partial charge on any atom is 0.0553 e. The molecule has 0 bridgehead atoms. The summed E-state index contributed by atoms with van der Waals surface area (Å²) in [6.45, 7) is 15.2. The second-order valence-electron chi connectivity index (χ2n) is 15.9. The van der Waals surface area contributed by atoms with Crippen LogP contribution in [0.1, 0.15) is 70.1 Å². The lowest BCUT2D eigenvalue weighted by Crippen LogP contribution is -2.46. The molecule has 0 aromatic heterocycles. The first kappa shape index (κ1) is 27.5. The normalized spacial score (nSPS) is 34.7. The van der Waals surface area contributed by atoms with Crippen molar-refractivity contribution in [2.24, 2.45) is 41.4 Å². The molecule has 0 heterocycles. The number of hydrogen-bond donors (Lipinski definition) is 0. The second-order valence-corrected chi connectivity index (χ2v) is 20.9. The monoisotopic (exact) mass is 558 g/mol. The van der Waals surface area contributed by atoms with Gasteiger partial charge in [0, 0.05) is 0 Å². The van der Waals surface area contributed by atoms with Crippen molar-refractivity contribution in [3.8, 4) is 0 Å². The van der Waals surface area contributed by atoms with E-state index < -0.39 is 8.07 Å². The Bertz CT molecular complexity index is 1390. The van der Waals surface area contributed by atoms with Gasteiger partial charge in [-0.05, 0) is 111 Å². The van der Waals surface area contributed by atoms with Crippen LogP contribution in [0.15, 0.2) is 91.1 Å². The maximum absolute atomic E-state index is 2.83. The third-order valence-electron chi connectivity index (χ3n) is 12.1. The average Bonchev–Trinajstić information content (AvgIpc) is 3.63. The van der Waals surface area contributed by atoms with E-state index in [1.807, 2.05) is 0 Å². The van der Waals surface area contributed by atoms with Crippen LogP contribution in [0.25, 0.3) is 11.1 Å². The van der Waals surface area contributed by atoms with Gasteiger partial charge in [-0.25, -0.2) is 0 Å². The first-order chi connectivity index (χ1) is 19.6. The zero-order valence-corrected chi connectivity index (χ0v) is 27.2. The Kier molecular flexibility index (Phi) is 6.77. The van der Waals surface area contributed by atoms with Crippen LogP contribution in [0.5, 0.6) is 0 Å². The van der Waals surface area contributed by atoms with Crippen molar-refractivity contribution in [1.82, 2.24) is 0 Å². The summed E-state index contributed by atoms with van der Waals surface area (Å²) < 4.78 is 0. The van der Waals surface area contributed by atoms with Crippen LogP contribution in [-0.4, -0.2) is 8.07 Å². The Morgan fingerprint density at radius 2 is 1.24 bits per heavy atom. The van der Waals surface area contributed by atoms with Gasteiger partial charge >= 0.3 is 0 Å². The molecule has 2 aromatic carbocycles. The Hall–Kier alpha value is -2.38. The van der Waals surface area contributed by atoms with Gasteiger partial charge in [-0.15, -0.1) is 0 Å². The minimum atomic E-state index is -1.65. The summed E-state index contributed by atoms with van der Waals surface area (Å²) in [5.74, 6) is 5.49. The Balaban J connectivity index is 1.20. The molecule has 5 aliphatic rings. The molecule has 0 spiro atoms. The Morgan fingerprint density at radius 3 is 1.83 bits per heavy atom. The van der Waals surface area contributed by atoms with Gasteiger partial charge in [0.2, 0.25) is 0 Å². The van der Waals surface area contributed by atoms with E-state index in [-0.39, 0.29) is 5.41 Å². The van der Waals surface area contributed by atoms with Crippen molar-refractivity contribution in [3.05, 3.63) is 108 Å². The van der Waals surface area contributed by atoms with Crippen LogP contribution in [0.4, 0.5) is 0 Å². The Morgan fingerprint density at radius 1 is 0.683 bits per heavy atom. The third kappa shape index (κ3) is 4.71. The van der Waals surface area contributed by atoms with Crippen molar-refractivity contribution in [3.63, 3.8) is 0 Å². The maximum atomic E-state index is 2.83. The minimum Gasteiger partial charge on any atom is -0.0808 e. The second kappa shape index (κ2) is 10.1. The van der Waals surface area contributed by atoms with Crippen molar-refractivity contribution in [1.29, 1.82) is 0 Å². The first-order valence-corrected chi connectivity index (χ1v) is 19.7. The molecule has 3 fully saturated rings. The predicted molar refractivity (Wildman–Crippen MR) is 179 cm³/mol. The van der Waals surface area contributed by atoms with Crippen LogP contribution in [0.2, 0.25) is 24.2 Å². The fourth-order valence-electron chi connectivity index (χ4n) is 10.4. The molecule has 5 aliphatic carbocycles. The van der Waals surface area contributed by atoms with E-state index in [1.54, 1.807) is 11.1 Å². The standard InChI is InChI=1S/C40H50Si/c1-26-24-36-31(27-12-8-7-9-13-27)14-10-16-33(36)38(26)41(5,6)39-34-17-11-15-32(37(34)25-35(39)29-18-19-29)28-20-22-30(23-21-28)40(2,3)4/h7-17,20-23,26,29,33-39H,18-19,24-25H2,1-6H3. The van der Waals surface area contributed by atoms with Crippen molar-refractivity contribution < 1.29 is 0 Å². The van der Waals surface area contributed by atoms with E-state index in [4.69, 9.17) is 0 Å². The zero-order chi connectivity index (χ0) is 28.5. The van der Waals surface area contributed by atoms with Crippen LogP contribution in [0, 0.1) is 41.4 Å². The number of benzene rings is 2. The highest BCUT2D eigenvalue weighted by molar-refractivity contribution is 6.80. The third-order valence-corrected chi connectivity index (χ3v) is 17.3. The summed E-state index contributed by atoms with van der Waals surface area (Å²) in [4.78, 5) is 0. The SMILES string of the molecule is CC1CC2C(c3ccccc3)=CC=CC2C1[Si](C)(C)C1C2C=CC=C(c3ccc(C(C)(C)C)cc3)C2CC1C1CC1. The van der Waals surface area contributed by atoms with Gasteiger partial charge in [0.15, 0.2) is 0 Å². The van der Waals surface area contributed by atoms with E-state index in [2.05, 4.69) is 132 Å². The van der Waals surface area contributed by atoms with E-state index in [1.165, 1.54) is 42.4 Å². The number of hydrogen-bond acceptors (Lipinski definition) is 0. The summed E-state index contributed by atoms with van der Waals surface area (Å²) in [6, 6.07) is 20.9. The van der Waals surface area contributed by atoms with E-state index in [0.717, 1.165) is 28.8 Å². The summed E-state index contributed by atoms with van der Waals surface area (Å²) in [6.07, 6.45) is 20.8. The highest BCUT2D eigenvalue weighted by atomic mass is 28.3. The van der Waals surface area contributed by atoms with Crippen LogP contribution >= 0.6 is 0 Å². The number of fused-ring (bicyclic) bond motifs is 2. The van der Waals surface area contributed by atoms with Crippen molar-refractivity contribution in [2.75, 3.05) is 0 Å². The van der Waals surface area contributed by atoms with E-state index in [0.29, 0.717) is 23.7 Å². The quantitative estimate of drug-likeness (QED) is 0.320. The molecule has 0 radical (unpaired) electrons. The molecule has 8 atom stereocenters. The summed E-state index contributed by atoms with van der Waals surface area (Å²) >= 11 is 0. The van der Waals surface area contributed by atoms with Crippen LogP contribution in [0.3, 0.4) is 0 Å². The first-order valence-electron chi connectivity index (χ1n) is 16.6. The summed E-state index contributed by atoms with van der Waals surface area (Å²) in [5.41, 5.74) is 9.52. The molecular weight excluding hydrogens is 509 g/mol. The lowest BCUT2D eigenvalue weighted by atomic mass is 9.80. The summed E-state index contributed by atoms with van der Waals surface area (Å²) in [5, 5.41) is 0. The van der Waals surface area contributed by atoms with Gasteiger partial charge in [-0.2, -0.15) is 0 Å². The van der Waals surface area contributed by atoms with Gasteiger partial charge in [0.1, 0.15) is 0 Å². The zero-order valence-electron chi connectivity index (χ0n) is 26.2. The highest BCUT2D eigenvalue weighted by Crippen LogP contribution is 2.67. The molecule has 214 valence electrons. The molecule has 3 saturated carbocycles. The minimum absolute atomic E-state index is 0.200. The Labute approximate surface area is 250 Å². The fourth-order valence-corrected chi connectivity index (χ4v) is 16.6. The predicted octanol–water partition coefficient (Wildman–Crippen LogP) is 11.0. The number of allylic oxidation sites excluding steroid dienone is 8. The average molecular weight is 559 g/mol. The van der Waals surface area contributed by atoms with Crippen molar-refractivity contribution in [2.45, 2.75) is 83.0 Å². The molecule has 1 heteroatoms. The largest absolute Gasteiger partial charge is 0.0808 e. The molecule has 0 amide bonds. The van der Waals surface area contributed by atoms with Gasteiger partial charge in [-0.1, -0.05) is 132 Å². The molecule has 0 saturated heterocycles. The molecule has 0 N–H and O–H groups in total. The molecule has 41 heavy (non-hydrogen) atoms. The van der Waals surface area contributed by atoms with Gasteiger partial charge in [0.05, 0.1) is 8.07 Å². The fraction of sp³-hybridized carbons (Fsp3) is 0.500. The lowest BCUT2D eigenvalue weighted by Gasteiger charge is -2.46. The molecule has 2 aromatic rings. The van der Waals surface area contributed by atoms with Gasteiger partial charge < -0.3 is 0 Å². The lowest BCUT2D eigenvalue weighted by molar-refractivity contribution is 0.437. The van der Waals surface area contributed by atoms with E-state index in [9.17, 15) is 0 Å². The van der Waals surface area contributed by atoms with E-state index >= 15 is 0 Å². The molecular formula is C40H50Si. The van der Waals surface area contributed by atoms with Crippen LogP contribution < -0.4 is 0 Å². The number of rotatable bonds is 5. The highest BCUT2D eigenvalue weighted by Gasteiger charge is 2.60. The molecule has 0 nitrogen and oxygen atoms in total. The topological polar surface area (TPSA) is 0 Å². The van der Waals surface area contributed by atoms with Crippen LogP contribution in [-0.2, 0) is 5.41 Å². The van der Waals surface area contributed by atoms with Gasteiger partial charge in [0.25, 0.3) is 0 Å². The van der Waals surface area contributed by atoms with Crippen molar-refractivity contribution >= 4 is 19.2 Å². The molecule has 8 unspecified atom stereocenters. The molecule has 0 aliphatic heterocycles. The summed E-state index contributed by atoms with van der Waals surface area (Å²) in [7, 11) is -1.65. The van der Waals surface area contributed by atoms with Gasteiger partial charge in [-0.3, -0.25) is 0 Å². The molecule has 7 rings (SSSR count). The smallest absolute Gasteiger partial charge is 0.0553 e.